The van der Waals surface area contributed by atoms with Gasteiger partial charge in [-0.25, -0.2) is 0 Å². The molecule has 1 aliphatic rings. The molecule has 1 aliphatic carbocycles. The number of hydrogen-bond acceptors (Lipinski definition) is 2. The van der Waals surface area contributed by atoms with E-state index in [2.05, 4.69) is 34.7 Å². The van der Waals surface area contributed by atoms with Crippen molar-refractivity contribution in [2.75, 3.05) is 7.05 Å². The summed E-state index contributed by atoms with van der Waals surface area (Å²) < 4.78 is 1.96. The van der Waals surface area contributed by atoms with E-state index in [4.69, 9.17) is 0 Å². The summed E-state index contributed by atoms with van der Waals surface area (Å²) in [4.78, 5) is 0. The third-order valence-electron chi connectivity index (χ3n) is 3.98. The van der Waals surface area contributed by atoms with Crippen molar-refractivity contribution < 1.29 is 0 Å². The van der Waals surface area contributed by atoms with Crippen molar-refractivity contribution in [3.05, 3.63) is 41.1 Å². The van der Waals surface area contributed by atoms with Crippen LogP contribution in [0.2, 0.25) is 0 Å². The second-order valence-corrected chi connectivity index (χ2v) is 5.37. The van der Waals surface area contributed by atoms with Crippen molar-refractivity contribution in [3.63, 3.8) is 0 Å². The molecule has 0 bridgehead atoms. The first-order valence-electron chi connectivity index (χ1n) is 7.07. The maximum atomic E-state index is 4.63. The van der Waals surface area contributed by atoms with Gasteiger partial charge in [-0.05, 0) is 56.0 Å². The van der Waals surface area contributed by atoms with E-state index in [-0.39, 0.29) is 0 Å². The number of aromatic nitrogens is 2. The van der Waals surface area contributed by atoms with Crippen LogP contribution in [0.15, 0.2) is 24.3 Å². The first-order valence-corrected chi connectivity index (χ1v) is 7.07. The second kappa shape index (κ2) is 5.17. The Bertz CT molecular complexity index is 584. The maximum Gasteiger partial charge on any atom is 0.0926 e. The average Bonchev–Trinajstić information content (AvgIpc) is 2.80. The van der Waals surface area contributed by atoms with Crippen LogP contribution < -0.4 is 5.32 Å². The molecule has 3 rings (SSSR count). The predicted octanol–water partition coefficient (Wildman–Crippen LogP) is 2.69. The van der Waals surface area contributed by atoms with Gasteiger partial charge >= 0.3 is 0 Å². The van der Waals surface area contributed by atoms with Crippen LogP contribution >= 0.6 is 0 Å². The first-order chi connectivity index (χ1) is 9.28. The van der Waals surface area contributed by atoms with Crippen molar-refractivity contribution in [3.8, 4) is 11.3 Å². The van der Waals surface area contributed by atoms with E-state index in [0.717, 1.165) is 12.2 Å². The molecule has 0 saturated carbocycles. The molecular weight excluding hydrogens is 234 g/mol. The molecule has 0 radical (unpaired) electrons. The largest absolute Gasteiger partial charge is 0.314 e. The Morgan fingerprint density at radius 1 is 1.16 bits per heavy atom. The van der Waals surface area contributed by atoms with Crippen LogP contribution in [-0.4, -0.2) is 16.8 Å². The Morgan fingerprint density at radius 3 is 2.74 bits per heavy atom. The SMILES string of the molecule is CNCc1cc(-c2ccc3c(c2)CCCC3)nn1C. The highest BCUT2D eigenvalue weighted by Crippen LogP contribution is 2.27. The Hall–Kier alpha value is -1.61. The summed E-state index contributed by atoms with van der Waals surface area (Å²) in [7, 11) is 3.97. The van der Waals surface area contributed by atoms with E-state index in [1.807, 2.05) is 18.8 Å². The van der Waals surface area contributed by atoms with Gasteiger partial charge in [-0.2, -0.15) is 5.10 Å². The van der Waals surface area contributed by atoms with Gasteiger partial charge in [-0.3, -0.25) is 4.68 Å². The summed E-state index contributed by atoms with van der Waals surface area (Å²) in [6.07, 6.45) is 5.12. The number of hydrogen-bond donors (Lipinski definition) is 1. The quantitative estimate of drug-likeness (QED) is 0.914. The summed E-state index contributed by atoms with van der Waals surface area (Å²) in [5.41, 5.74) is 6.60. The minimum Gasteiger partial charge on any atom is -0.314 e. The number of aryl methyl sites for hydroxylation is 3. The first kappa shape index (κ1) is 12.4. The number of benzene rings is 1. The molecular formula is C16H21N3. The van der Waals surface area contributed by atoms with E-state index in [1.54, 1.807) is 0 Å². The van der Waals surface area contributed by atoms with Gasteiger partial charge in [0.25, 0.3) is 0 Å². The Balaban J connectivity index is 1.95. The molecule has 0 spiro atoms. The molecule has 0 unspecified atom stereocenters. The molecule has 0 amide bonds. The third kappa shape index (κ3) is 2.43. The average molecular weight is 255 g/mol. The number of fused-ring (bicyclic) bond motifs is 1. The lowest BCUT2D eigenvalue weighted by Crippen LogP contribution is -2.09. The highest BCUT2D eigenvalue weighted by atomic mass is 15.3. The molecule has 0 saturated heterocycles. The number of nitrogens with one attached hydrogen (secondary N) is 1. The zero-order valence-electron chi connectivity index (χ0n) is 11.7. The van der Waals surface area contributed by atoms with Gasteiger partial charge in [0.1, 0.15) is 0 Å². The molecule has 0 atom stereocenters. The highest BCUT2D eigenvalue weighted by Gasteiger charge is 2.12. The molecule has 19 heavy (non-hydrogen) atoms. The minimum absolute atomic E-state index is 0.856. The van der Waals surface area contributed by atoms with Crippen molar-refractivity contribution in [2.45, 2.75) is 32.2 Å². The summed E-state index contributed by atoms with van der Waals surface area (Å²) in [6, 6.07) is 9.02. The van der Waals surface area contributed by atoms with Gasteiger partial charge in [-0.15, -0.1) is 0 Å². The van der Waals surface area contributed by atoms with Crippen molar-refractivity contribution in [2.24, 2.45) is 7.05 Å². The smallest absolute Gasteiger partial charge is 0.0926 e. The molecule has 0 fully saturated rings. The van der Waals surface area contributed by atoms with Gasteiger partial charge in [0.2, 0.25) is 0 Å². The summed E-state index contributed by atoms with van der Waals surface area (Å²) >= 11 is 0. The monoisotopic (exact) mass is 255 g/mol. The summed E-state index contributed by atoms with van der Waals surface area (Å²) in [6.45, 7) is 0.856. The molecule has 1 aromatic carbocycles. The number of nitrogens with zero attached hydrogens (tertiary/aromatic N) is 2. The van der Waals surface area contributed by atoms with E-state index in [0.29, 0.717) is 0 Å². The molecule has 100 valence electrons. The molecule has 1 aromatic heterocycles. The topological polar surface area (TPSA) is 29.9 Å². The maximum absolute atomic E-state index is 4.63. The molecule has 2 aromatic rings. The lowest BCUT2D eigenvalue weighted by molar-refractivity contribution is 0.673. The zero-order chi connectivity index (χ0) is 13.2. The van der Waals surface area contributed by atoms with E-state index in [1.165, 1.54) is 48.1 Å². The van der Waals surface area contributed by atoms with Gasteiger partial charge in [0.15, 0.2) is 0 Å². The van der Waals surface area contributed by atoms with Gasteiger partial charge in [-0.1, -0.05) is 12.1 Å². The van der Waals surface area contributed by atoms with Gasteiger partial charge < -0.3 is 5.32 Å². The summed E-state index contributed by atoms with van der Waals surface area (Å²) in [5, 5.41) is 7.80. The van der Waals surface area contributed by atoms with Crippen LogP contribution in [-0.2, 0) is 26.4 Å². The van der Waals surface area contributed by atoms with Crippen molar-refractivity contribution >= 4 is 0 Å². The Kier molecular flexibility index (Phi) is 3.38. The van der Waals surface area contributed by atoms with Gasteiger partial charge in [0.05, 0.1) is 11.4 Å². The molecule has 1 N–H and O–H groups in total. The lowest BCUT2D eigenvalue weighted by atomic mass is 9.90. The highest BCUT2D eigenvalue weighted by molar-refractivity contribution is 5.61. The standard InChI is InChI=1S/C16H21N3/c1-17-11-15-10-16(18-19(15)2)14-8-7-12-5-3-4-6-13(12)9-14/h7-10,17H,3-6,11H2,1-2H3. The molecule has 1 heterocycles. The zero-order valence-corrected chi connectivity index (χ0v) is 11.7. The van der Waals surface area contributed by atoms with Crippen LogP contribution in [0.1, 0.15) is 29.7 Å². The normalized spacial score (nSPS) is 14.4. The van der Waals surface area contributed by atoms with Crippen LogP contribution in [0.4, 0.5) is 0 Å². The van der Waals surface area contributed by atoms with E-state index in [9.17, 15) is 0 Å². The lowest BCUT2D eigenvalue weighted by Gasteiger charge is -2.15. The van der Waals surface area contributed by atoms with Crippen LogP contribution in [0.3, 0.4) is 0 Å². The Morgan fingerprint density at radius 2 is 1.95 bits per heavy atom. The Labute approximate surface area is 114 Å². The fraction of sp³-hybridized carbons (Fsp3) is 0.438. The van der Waals surface area contributed by atoms with Crippen LogP contribution in [0, 0.1) is 0 Å². The van der Waals surface area contributed by atoms with Crippen molar-refractivity contribution in [1.82, 2.24) is 15.1 Å². The van der Waals surface area contributed by atoms with Crippen molar-refractivity contribution in [1.29, 1.82) is 0 Å². The second-order valence-electron chi connectivity index (χ2n) is 5.37. The predicted molar refractivity (Wildman–Crippen MR) is 78.0 cm³/mol. The molecule has 3 nitrogen and oxygen atoms in total. The third-order valence-corrected chi connectivity index (χ3v) is 3.98. The molecule has 3 heteroatoms. The van der Waals surface area contributed by atoms with Gasteiger partial charge in [0, 0.05) is 19.2 Å². The minimum atomic E-state index is 0.856. The fourth-order valence-electron chi connectivity index (χ4n) is 2.89. The number of rotatable bonds is 3. The van der Waals surface area contributed by atoms with E-state index >= 15 is 0 Å². The van der Waals surface area contributed by atoms with Crippen LogP contribution in [0.25, 0.3) is 11.3 Å². The molecule has 0 aliphatic heterocycles. The fourth-order valence-corrected chi connectivity index (χ4v) is 2.89. The summed E-state index contributed by atoms with van der Waals surface area (Å²) in [5.74, 6) is 0. The van der Waals surface area contributed by atoms with E-state index < -0.39 is 0 Å². The van der Waals surface area contributed by atoms with Crippen LogP contribution in [0.5, 0.6) is 0 Å².